The lowest BCUT2D eigenvalue weighted by Crippen LogP contribution is -2.49. The molecule has 0 spiro atoms. The Labute approximate surface area is 87.1 Å². The van der Waals surface area contributed by atoms with Gasteiger partial charge in [-0.05, 0) is 19.9 Å². The van der Waals surface area contributed by atoms with Gasteiger partial charge in [0.25, 0.3) is 0 Å². The van der Waals surface area contributed by atoms with Crippen LogP contribution in [-0.2, 0) is 9.59 Å². The first kappa shape index (κ1) is 13.8. The van der Waals surface area contributed by atoms with Crippen LogP contribution >= 0.6 is 0 Å². The van der Waals surface area contributed by atoms with Gasteiger partial charge in [-0.2, -0.15) is 0 Å². The molecule has 5 N–H and O–H groups in total. The summed E-state index contributed by atoms with van der Waals surface area (Å²) in [7, 11) is 0. The van der Waals surface area contributed by atoms with E-state index in [9.17, 15) is 14.8 Å². The maximum Gasteiger partial charge on any atom is 0.331 e. The zero-order chi connectivity index (χ0) is 12.0. The second kappa shape index (κ2) is 6.33. The highest BCUT2D eigenvalue weighted by atomic mass is 16.5. The third-order valence-electron chi connectivity index (χ3n) is 1.82. The maximum atomic E-state index is 11.2. The van der Waals surface area contributed by atoms with Gasteiger partial charge in [-0.3, -0.25) is 10.0 Å². The number of carbonyl (C=O) groups is 2. The lowest BCUT2D eigenvalue weighted by molar-refractivity contribution is -0.194. The van der Waals surface area contributed by atoms with Crippen LogP contribution in [0.4, 0.5) is 0 Å². The highest BCUT2D eigenvalue weighted by Crippen LogP contribution is 2.05. The Morgan fingerprint density at radius 2 is 2.00 bits per heavy atom. The number of rotatable bonds is 6. The van der Waals surface area contributed by atoms with Gasteiger partial charge >= 0.3 is 5.97 Å². The van der Waals surface area contributed by atoms with E-state index < -0.39 is 24.0 Å². The van der Waals surface area contributed by atoms with Crippen molar-refractivity contribution < 1.29 is 25.0 Å². The fourth-order valence-electron chi connectivity index (χ4n) is 1.04. The molecule has 0 aliphatic carbocycles. The van der Waals surface area contributed by atoms with Crippen molar-refractivity contribution in [1.82, 2.24) is 5.06 Å². The van der Waals surface area contributed by atoms with Gasteiger partial charge < -0.3 is 15.9 Å². The summed E-state index contributed by atoms with van der Waals surface area (Å²) in [5.74, 6) is -2.23. The second-order valence-electron chi connectivity index (χ2n) is 3.15. The lowest BCUT2D eigenvalue weighted by Gasteiger charge is -2.24. The first-order valence-corrected chi connectivity index (χ1v) is 4.53. The number of hydroxylamine groups is 2. The highest BCUT2D eigenvalue weighted by Gasteiger charge is 2.32. The van der Waals surface area contributed by atoms with Gasteiger partial charge in [-0.1, -0.05) is 0 Å². The predicted octanol–water partition coefficient (Wildman–Crippen LogP) is -1.22. The molecule has 2 atom stereocenters. The Morgan fingerprint density at radius 3 is 2.33 bits per heavy atom. The van der Waals surface area contributed by atoms with Gasteiger partial charge in [0.15, 0.2) is 6.04 Å². The van der Waals surface area contributed by atoms with Gasteiger partial charge in [-0.15, -0.1) is 0 Å². The number of hydrogen-bond donors (Lipinski definition) is 4. The van der Waals surface area contributed by atoms with E-state index in [1.807, 2.05) is 0 Å². The number of carbonyl (C=O) groups excluding carboxylic acids is 1. The van der Waals surface area contributed by atoms with Crippen molar-refractivity contribution in [2.45, 2.75) is 31.9 Å². The first-order valence-electron chi connectivity index (χ1n) is 4.53. The highest BCUT2D eigenvalue weighted by molar-refractivity contribution is 5.83. The number of aliphatic hydroxyl groups is 1. The Morgan fingerprint density at radius 1 is 1.47 bits per heavy atom. The van der Waals surface area contributed by atoms with Crippen LogP contribution in [0, 0.1) is 0 Å². The molecule has 0 bridgehead atoms. The van der Waals surface area contributed by atoms with Crippen LogP contribution in [-0.4, -0.2) is 51.1 Å². The Kier molecular flexibility index (Phi) is 5.83. The molecule has 88 valence electrons. The van der Waals surface area contributed by atoms with E-state index in [0.717, 1.165) is 0 Å². The monoisotopic (exact) mass is 220 g/mol. The zero-order valence-corrected chi connectivity index (χ0v) is 8.46. The largest absolute Gasteiger partial charge is 0.480 e. The average Bonchev–Trinajstić information content (AvgIpc) is 2.12. The van der Waals surface area contributed by atoms with E-state index in [4.69, 9.17) is 15.9 Å². The Hall–Kier alpha value is -1.18. The van der Waals surface area contributed by atoms with Crippen LogP contribution in [0.15, 0.2) is 0 Å². The summed E-state index contributed by atoms with van der Waals surface area (Å²) in [6, 6.07) is -1.64. The van der Waals surface area contributed by atoms with E-state index >= 15 is 0 Å². The van der Waals surface area contributed by atoms with Crippen molar-refractivity contribution in [3.8, 4) is 0 Å². The molecular formula is C8H16N2O5. The number of carboxylic acids is 1. The van der Waals surface area contributed by atoms with Crippen LogP contribution in [0.3, 0.4) is 0 Å². The third kappa shape index (κ3) is 4.24. The summed E-state index contributed by atoms with van der Waals surface area (Å²) >= 11 is 0. The molecule has 1 amide bonds. The number of nitrogens with zero attached hydrogens (tertiary/aromatic N) is 1. The number of aliphatic hydroxyl groups excluding tert-OH is 1. The summed E-state index contributed by atoms with van der Waals surface area (Å²) in [6.07, 6.45) is -1.06. The van der Waals surface area contributed by atoms with E-state index in [1.165, 1.54) is 6.92 Å². The molecule has 0 unspecified atom stereocenters. The lowest BCUT2D eigenvalue weighted by atomic mass is 10.1. The molecule has 0 aromatic rings. The molecular weight excluding hydrogens is 204 g/mol. The number of hydrogen-bond acceptors (Lipinski definition) is 5. The van der Waals surface area contributed by atoms with Crippen molar-refractivity contribution in [1.29, 1.82) is 0 Å². The molecule has 0 aromatic carbocycles. The van der Waals surface area contributed by atoms with Crippen LogP contribution in [0.5, 0.6) is 0 Å². The first-order chi connectivity index (χ1) is 6.91. The smallest absolute Gasteiger partial charge is 0.331 e. The summed E-state index contributed by atoms with van der Waals surface area (Å²) in [6.45, 7) is 1.45. The molecule has 7 nitrogen and oxygen atoms in total. The standard InChI is InChI=1S/C8H16N2O5/c1-5(11)7(8(13)14)10(15)6(12)3-2-4-9/h5,7,11,15H,2-4,9H2,1H3,(H,13,14)/t5-,7+/m1/s1. The summed E-state index contributed by atoms with van der Waals surface area (Å²) in [5.41, 5.74) is 5.15. The Bertz CT molecular complexity index is 231. The molecule has 15 heavy (non-hydrogen) atoms. The molecule has 0 aliphatic heterocycles. The number of amides is 1. The quantitative estimate of drug-likeness (QED) is 0.328. The molecule has 0 saturated carbocycles. The average molecular weight is 220 g/mol. The van der Waals surface area contributed by atoms with Crippen LogP contribution in [0.25, 0.3) is 0 Å². The number of carboxylic acid groups (broad SMARTS) is 1. The minimum atomic E-state index is -1.64. The minimum absolute atomic E-state index is 0.0443. The van der Waals surface area contributed by atoms with Crippen molar-refractivity contribution in [2.24, 2.45) is 5.73 Å². The van der Waals surface area contributed by atoms with E-state index in [0.29, 0.717) is 6.42 Å². The molecule has 0 radical (unpaired) electrons. The van der Waals surface area contributed by atoms with Gasteiger partial charge in [0.05, 0.1) is 6.10 Å². The van der Waals surface area contributed by atoms with Gasteiger partial charge in [-0.25, -0.2) is 9.86 Å². The summed E-state index contributed by atoms with van der Waals surface area (Å²) in [4.78, 5) is 21.8. The van der Waals surface area contributed by atoms with Crippen molar-refractivity contribution in [3.63, 3.8) is 0 Å². The summed E-state index contributed by atoms with van der Waals surface area (Å²) in [5, 5.41) is 27.0. The Balaban J connectivity index is 4.43. The molecule has 7 heteroatoms. The minimum Gasteiger partial charge on any atom is -0.480 e. The van der Waals surface area contributed by atoms with Crippen LogP contribution in [0.1, 0.15) is 19.8 Å². The molecule has 0 aromatic heterocycles. The fourth-order valence-corrected chi connectivity index (χ4v) is 1.04. The van der Waals surface area contributed by atoms with Crippen molar-refractivity contribution in [3.05, 3.63) is 0 Å². The van der Waals surface area contributed by atoms with Crippen LogP contribution in [0.2, 0.25) is 0 Å². The molecule has 0 aliphatic rings. The number of aliphatic carboxylic acids is 1. The molecule has 0 saturated heterocycles. The molecule has 0 rings (SSSR count). The van der Waals surface area contributed by atoms with Crippen LogP contribution < -0.4 is 5.73 Å². The van der Waals surface area contributed by atoms with Gasteiger partial charge in [0, 0.05) is 6.42 Å². The van der Waals surface area contributed by atoms with E-state index in [2.05, 4.69) is 0 Å². The second-order valence-corrected chi connectivity index (χ2v) is 3.15. The topological polar surface area (TPSA) is 124 Å². The summed E-state index contributed by atoms with van der Waals surface area (Å²) < 4.78 is 0. The zero-order valence-electron chi connectivity index (χ0n) is 8.46. The van der Waals surface area contributed by atoms with Crippen molar-refractivity contribution >= 4 is 11.9 Å². The maximum absolute atomic E-state index is 11.2. The normalized spacial score (nSPS) is 14.4. The van der Waals surface area contributed by atoms with E-state index in [1.54, 1.807) is 0 Å². The molecule has 0 fully saturated rings. The third-order valence-corrected chi connectivity index (χ3v) is 1.82. The SMILES string of the molecule is C[C@@H](O)[C@@H](C(=O)O)N(O)C(=O)CCCN. The fraction of sp³-hybridized carbons (Fsp3) is 0.750. The van der Waals surface area contributed by atoms with Gasteiger partial charge in [0.2, 0.25) is 5.91 Å². The van der Waals surface area contributed by atoms with Crippen molar-refractivity contribution in [2.75, 3.05) is 6.54 Å². The van der Waals surface area contributed by atoms with Gasteiger partial charge in [0.1, 0.15) is 0 Å². The molecule has 0 heterocycles. The number of nitrogens with two attached hydrogens (primary N) is 1. The predicted molar refractivity (Wildman–Crippen MR) is 50.0 cm³/mol. The van der Waals surface area contributed by atoms with E-state index in [-0.39, 0.29) is 18.0 Å².